The van der Waals surface area contributed by atoms with Crippen LogP contribution in [0.25, 0.3) is 5.82 Å². The van der Waals surface area contributed by atoms with Gasteiger partial charge in [-0.3, -0.25) is 4.79 Å². The van der Waals surface area contributed by atoms with Crippen molar-refractivity contribution in [2.75, 3.05) is 12.4 Å². The molecule has 172 valence electrons. The third kappa shape index (κ3) is 5.12. The summed E-state index contributed by atoms with van der Waals surface area (Å²) in [7, 11) is 1.57. The molecule has 4 aromatic rings. The quantitative estimate of drug-likeness (QED) is 0.414. The highest BCUT2D eigenvalue weighted by Crippen LogP contribution is 2.23. The molecule has 0 aliphatic rings. The van der Waals surface area contributed by atoms with Gasteiger partial charge >= 0.3 is 5.97 Å². The van der Waals surface area contributed by atoms with Gasteiger partial charge in [-0.25, -0.2) is 14.5 Å². The number of hydrogen-bond donors (Lipinski definition) is 1. The van der Waals surface area contributed by atoms with E-state index < -0.39 is 18.0 Å². The minimum absolute atomic E-state index is 0.225. The van der Waals surface area contributed by atoms with Crippen LogP contribution in [-0.2, 0) is 9.53 Å². The Morgan fingerprint density at radius 1 is 0.971 bits per heavy atom. The molecule has 0 aliphatic heterocycles. The number of nitrogens with zero attached hydrogens (tertiary/aromatic N) is 3. The number of ether oxygens (including phenoxy) is 2. The van der Waals surface area contributed by atoms with E-state index in [1.165, 1.54) is 6.20 Å². The van der Waals surface area contributed by atoms with Gasteiger partial charge in [-0.15, -0.1) is 0 Å². The Hall–Kier alpha value is -4.46. The van der Waals surface area contributed by atoms with Crippen LogP contribution in [0.4, 0.5) is 5.69 Å². The van der Waals surface area contributed by atoms with Gasteiger partial charge in [-0.2, -0.15) is 5.10 Å². The maximum Gasteiger partial charge on any atom is 0.340 e. The Bertz CT molecular complexity index is 1280. The van der Waals surface area contributed by atoms with Crippen LogP contribution in [0.5, 0.6) is 5.75 Å². The van der Waals surface area contributed by atoms with E-state index in [4.69, 9.17) is 9.47 Å². The lowest BCUT2D eigenvalue weighted by Gasteiger charge is -2.18. The average molecular weight is 457 g/mol. The largest absolute Gasteiger partial charge is 0.497 e. The summed E-state index contributed by atoms with van der Waals surface area (Å²) < 4.78 is 12.5. The number of esters is 1. The van der Waals surface area contributed by atoms with Gasteiger partial charge in [-0.05, 0) is 56.3 Å². The van der Waals surface area contributed by atoms with Crippen molar-refractivity contribution < 1.29 is 19.1 Å². The highest BCUT2D eigenvalue weighted by molar-refractivity contribution is 5.98. The predicted octanol–water partition coefficient (Wildman–Crippen LogP) is 4.43. The molecule has 2 aromatic heterocycles. The zero-order valence-corrected chi connectivity index (χ0v) is 19.1. The molecule has 4 rings (SSSR count). The van der Waals surface area contributed by atoms with Crippen molar-refractivity contribution in [1.29, 1.82) is 0 Å². The number of amides is 1. The van der Waals surface area contributed by atoms with E-state index in [9.17, 15) is 9.59 Å². The second-order valence-electron chi connectivity index (χ2n) is 7.66. The summed E-state index contributed by atoms with van der Waals surface area (Å²) in [5, 5.41) is 7.18. The minimum atomic E-state index is -1.15. The second-order valence-corrected chi connectivity index (χ2v) is 7.66. The first-order valence-corrected chi connectivity index (χ1v) is 10.6. The first-order valence-electron chi connectivity index (χ1n) is 10.6. The first kappa shape index (κ1) is 22.7. The third-order valence-corrected chi connectivity index (χ3v) is 5.13. The minimum Gasteiger partial charge on any atom is -0.497 e. The summed E-state index contributed by atoms with van der Waals surface area (Å²) in [6, 6.07) is 21.0. The number of carbonyl (C=O) groups excluding carboxylic acids is 2. The van der Waals surface area contributed by atoms with Crippen LogP contribution in [0.15, 0.2) is 79.0 Å². The van der Waals surface area contributed by atoms with Crippen LogP contribution >= 0.6 is 0 Å². The molecule has 1 unspecified atom stereocenters. The topological polar surface area (TPSA) is 95.3 Å². The molecule has 34 heavy (non-hydrogen) atoms. The molecule has 0 fully saturated rings. The van der Waals surface area contributed by atoms with Crippen LogP contribution in [-0.4, -0.2) is 33.8 Å². The van der Waals surface area contributed by atoms with E-state index in [1.54, 1.807) is 72.5 Å². The lowest BCUT2D eigenvalue weighted by atomic mass is 10.1. The number of methoxy groups -OCH3 is 1. The maximum absolute atomic E-state index is 13.1. The van der Waals surface area contributed by atoms with Crippen molar-refractivity contribution in [3.63, 3.8) is 0 Å². The van der Waals surface area contributed by atoms with Gasteiger partial charge in [0, 0.05) is 23.1 Å². The number of aryl methyl sites for hydroxylation is 2. The smallest absolute Gasteiger partial charge is 0.340 e. The second kappa shape index (κ2) is 9.99. The fourth-order valence-electron chi connectivity index (χ4n) is 3.45. The van der Waals surface area contributed by atoms with Crippen LogP contribution in [0, 0.1) is 13.8 Å². The Morgan fingerprint density at radius 2 is 1.71 bits per heavy atom. The summed E-state index contributed by atoms with van der Waals surface area (Å²) in [5.41, 5.74) is 3.13. The van der Waals surface area contributed by atoms with Crippen molar-refractivity contribution in [1.82, 2.24) is 14.8 Å². The van der Waals surface area contributed by atoms with Crippen molar-refractivity contribution in [3.05, 3.63) is 102 Å². The van der Waals surface area contributed by atoms with Gasteiger partial charge in [0.25, 0.3) is 5.91 Å². The molecule has 0 saturated carbocycles. The van der Waals surface area contributed by atoms with Crippen LogP contribution in [0.3, 0.4) is 0 Å². The van der Waals surface area contributed by atoms with Crippen LogP contribution < -0.4 is 10.1 Å². The van der Waals surface area contributed by atoms with Gasteiger partial charge in [0.05, 0.1) is 18.4 Å². The first-order chi connectivity index (χ1) is 16.4. The Morgan fingerprint density at radius 3 is 2.29 bits per heavy atom. The fraction of sp³-hybridized carbons (Fsp3) is 0.154. The summed E-state index contributed by atoms with van der Waals surface area (Å²) in [5.74, 6) is 0.113. The molecular weight excluding hydrogens is 432 g/mol. The Labute approximate surface area is 197 Å². The fourth-order valence-corrected chi connectivity index (χ4v) is 3.45. The van der Waals surface area contributed by atoms with Crippen molar-refractivity contribution in [2.24, 2.45) is 0 Å². The van der Waals surface area contributed by atoms with E-state index >= 15 is 0 Å². The van der Waals surface area contributed by atoms with Gasteiger partial charge in [0.1, 0.15) is 5.75 Å². The highest BCUT2D eigenvalue weighted by Gasteiger charge is 2.26. The predicted molar refractivity (Wildman–Crippen MR) is 127 cm³/mol. The molecule has 1 N–H and O–H groups in total. The maximum atomic E-state index is 13.1. The SMILES string of the molecule is COc1ccc(NC(=O)C(OC(=O)c2ccc(-n3nc(C)cc3C)nc2)c2ccccc2)cc1. The van der Waals surface area contributed by atoms with E-state index in [-0.39, 0.29) is 5.56 Å². The van der Waals surface area contributed by atoms with E-state index in [2.05, 4.69) is 15.4 Å². The summed E-state index contributed by atoms with van der Waals surface area (Å²) in [6.07, 6.45) is 0.267. The summed E-state index contributed by atoms with van der Waals surface area (Å²) in [6.45, 7) is 3.83. The molecule has 0 radical (unpaired) electrons. The number of anilines is 1. The van der Waals surface area contributed by atoms with Crippen molar-refractivity contribution >= 4 is 17.6 Å². The summed E-state index contributed by atoms with van der Waals surface area (Å²) >= 11 is 0. The number of nitrogens with one attached hydrogen (secondary N) is 1. The number of aromatic nitrogens is 3. The number of carbonyl (C=O) groups is 2. The van der Waals surface area contributed by atoms with E-state index in [0.29, 0.717) is 22.8 Å². The third-order valence-electron chi connectivity index (χ3n) is 5.13. The van der Waals surface area contributed by atoms with Crippen molar-refractivity contribution in [2.45, 2.75) is 20.0 Å². The number of hydrogen-bond acceptors (Lipinski definition) is 6. The van der Waals surface area contributed by atoms with Crippen LogP contribution in [0.1, 0.15) is 33.4 Å². The highest BCUT2D eigenvalue weighted by atomic mass is 16.5. The monoisotopic (exact) mass is 456 g/mol. The van der Waals surface area contributed by atoms with Gasteiger partial charge < -0.3 is 14.8 Å². The average Bonchev–Trinajstić information content (AvgIpc) is 3.21. The number of pyridine rings is 1. The van der Waals surface area contributed by atoms with Gasteiger partial charge in [0.2, 0.25) is 6.10 Å². The molecule has 8 heteroatoms. The van der Waals surface area contributed by atoms with Gasteiger partial charge in [-0.1, -0.05) is 30.3 Å². The molecule has 2 heterocycles. The Balaban J connectivity index is 1.53. The normalized spacial score (nSPS) is 11.5. The van der Waals surface area contributed by atoms with E-state index in [0.717, 1.165) is 11.4 Å². The molecule has 0 spiro atoms. The molecular formula is C26H24N4O4. The lowest BCUT2D eigenvalue weighted by molar-refractivity contribution is -0.125. The molecule has 0 bridgehead atoms. The zero-order chi connectivity index (χ0) is 24.1. The standard InChI is InChI=1S/C26H24N4O4/c1-17-15-18(2)30(29-17)23-14-9-20(16-27-23)26(32)34-24(19-7-5-4-6-8-19)25(31)28-21-10-12-22(33-3)13-11-21/h4-16,24H,1-3H3,(H,28,31). The van der Waals surface area contributed by atoms with E-state index in [1.807, 2.05) is 26.0 Å². The van der Waals surface area contributed by atoms with Crippen LogP contribution in [0.2, 0.25) is 0 Å². The zero-order valence-electron chi connectivity index (χ0n) is 19.1. The van der Waals surface area contributed by atoms with Gasteiger partial charge in [0.15, 0.2) is 5.82 Å². The molecule has 1 amide bonds. The molecule has 2 aromatic carbocycles. The Kier molecular flexibility index (Phi) is 6.68. The molecule has 1 atom stereocenters. The molecule has 8 nitrogen and oxygen atoms in total. The number of benzene rings is 2. The molecule has 0 saturated heterocycles. The molecule has 0 aliphatic carbocycles. The lowest BCUT2D eigenvalue weighted by Crippen LogP contribution is -2.26. The summed E-state index contributed by atoms with van der Waals surface area (Å²) in [4.78, 5) is 30.3. The van der Waals surface area contributed by atoms with Crippen molar-refractivity contribution in [3.8, 4) is 11.6 Å². The number of rotatable bonds is 7.